The predicted molar refractivity (Wildman–Crippen MR) is 129 cm³/mol. The van der Waals surface area contributed by atoms with E-state index in [1.54, 1.807) is 12.1 Å². The van der Waals surface area contributed by atoms with Crippen molar-refractivity contribution in [2.75, 3.05) is 6.61 Å². The topological polar surface area (TPSA) is 72.5 Å². The van der Waals surface area contributed by atoms with E-state index < -0.39 is 12.0 Å². The highest BCUT2D eigenvalue weighted by Gasteiger charge is 2.55. The van der Waals surface area contributed by atoms with Gasteiger partial charge in [0.15, 0.2) is 12.4 Å². The number of esters is 1. The molecule has 4 aliphatic carbocycles. The molecule has 5 heteroatoms. The molecule has 2 aromatic rings. The molecule has 1 amide bonds. The third kappa shape index (κ3) is 4.79. The average Bonchev–Trinajstić information content (AvgIpc) is 2.82. The zero-order valence-corrected chi connectivity index (χ0v) is 19.8. The third-order valence-corrected chi connectivity index (χ3v) is 8.11. The number of benzene rings is 2. The molecular weight excluding hydrogens is 426 g/mol. The van der Waals surface area contributed by atoms with Crippen molar-refractivity contribution in [3.05, 3.63) is 71.3 Å². The van der Waals surface area contributed by atoms with E-state index in [0.29, 0.717) is 29.7 Å². The van der Waals surface area contributed by atoms with E-state index in [-0.39, 0.29) is 23.7 Å². The second-order valence-corrected chi connectivity index (χ2v) is 10.8. The Balaban J connectivity index is 1.28. The van der Waals surface area contributed by atoms with Gasteiger partial charge in [0.25, 0.3) is 0 Å². The van der Waals surface area contributed by atoms with Crippen LogP contribution in [0.2, 0.25) is 0 Å². The molecule has 0 spiro atoms. The van der Waals surface area contributed by atoms with Crippen molar-refractivity contribution in [1.29, 1.82) is 0 Å². The van der Waals surface area contributed by atoms with Crippen LogP contribution >= 0.6 is 0 Å². The summed E-state index contributed by atoms with van der Waals surface area (Å²) in [6, 6.07) is 16.0. The molecule has 34 heavy (non-hydrogen) atoms. The predicted octanol–water partition coefficient (Wildman–Crippen LogP) is 4.66. The summed E-state index contributed by atoms with van der Waals surface area (Å²) in [6.45, 7) is 1.62. The maximum absolute atomic E-state index is 13.6. The van der Waals surface area contributed by atoms with E-state index in [1.807, 2.05) is 49.4 Å². The summed E-state index contributed by atoms with van der Waals surface area (Å²) in [5.74, 6) is 1.12. The zero-order valence-electron chi connectivity index (χ0n) is 19.8. The van der Waals surface area contributed by atoms with Gasteiger partial charge in [0.2, 0.25) is 5.91 Å². The van der Waals surface area contributed by atoms with Crippen LogP contribution in [-0.4, -0.2) is 30.3 Å². The van der Waals surface area contributed by atoms with Gasteiger partial charge in [-0.3, -0.25) is 9.59 Å². The highest BCUT2D eigenvalue weighted by Crippen LogP contribution is 2.60. The molecule has 4 aliphatic rings. The van der Waals surface area contributed by atoms with Crippen LogP contribution in [0.3, 0.4) is 0 Å². The number of carbonyl (C=O) groups excluding carboxylic acids is 3. The molecule has 4 bridgehead atoms. The first-order valence-corrected chi connectivity index (χ1v) is 12.5. The van der Waals surface area contributed by atoms with Gasteiger partial charge in [-0.25, -0.2) is 4.79 Å². The molecule has 0 radical (unpaired) electrons. The molecule has 0 unspecified atom stereocenters. The van der Waals surface area contributed by atoms with Gasteiger partial charge in [0, 0.05) is 17.4 Å². The monoisotopic (exact) mass is 459 g/mol. The van der Waals surface area contributed by atoms with Gasteiger partial charge in [-0.1, -0.05) is 60.2 Å². The van der Waals surface area contributed by atoms with Crippen molar-refractivity contribution >= 4 is 17.7 Å². The number of ether oxygens (including phenoxy) is 1. The molecule has 1 N–H and O–H groups in total. The fourth-order valence-corrected chi connectivity index (χ4v) is 6.80. The van der Waals surface area contributed by atoms with Crippen molar-refractivity contribution < 1.29 is 19.1 Å². The van der Waals surface area contributed by atoms with Gasteiger partial charge in [0.05, 0.1) is 0 Å². The molecular formula is C29H33NO4. The Bertz CT molecular complexity index is 1020. The Morgan fingerprint density at radius 3 is 2.09 bits per heavy atom. The first-order valence-electron chi connectivity index (χ1n) is 12.5. The van der Waals surface area contributed by atoms with E-state index in [0.717, 1.165) is 30.4 Å². The van der Waals surface area contributed by atoms with Gasteiger partial charge in [0.1, 0.15) is 6.04 Å². The number of amides is 1. The number of hydrogen-bond acceptors (Lipinski definition) is 4. The summed E-state index contributed by atoms with van der Waals surface area (Å²) in [4.78, 5) is 39.2. The van der Waals surface area contributed by atoms with Crippen molar-refractivity contribution in [3.8, 4) is 0 Å². The van der Waals surface area contributed by atoms with Crippen LogP contribution in [0.15, 0.2) is 54.6 Å². The Hall–Kier alpha value is -2.95. The molecule has 4 fully saturated rings. The number of rotatable bonds is 8. The number of hydrogen-bond donors (Lipinski definition) is 1. The summed E-state index contributed by atoms with van der Waals surface area (Å²) in [5.41, 5.74) is 2.17. The van der Waals surface area contributed by atoms with Crippen molar-refractivity contribution in [2.45, 2.75) is 57.9 Å². The molecule has 0 aliphatic heterocycles. The molecule has 6 rings (SSSR count). The normalized spacial score (nSPS) is 27.7. The fraction of sp³-hybridized carbons (Fsp3) is 0.483. The largest absolute Gasteiger partial charge is 0.456 e. The quantitative estimate of drug-likeness (QED) is 0.460. The minimum atomic E-state index is -0.811. The number of ketones is 1. The lowest BCUT2D eigenvalue weighted by Crippen LogP contribution is -2.56. The summed E-state index contributed by atoms with van der Waals surface area (Å²) in [6.07, 6.45) is 6.91. The zero-order chi connectivity index (χ0) is 23.7. The van der Waals surface area contributed by atoms with Crippen molar-refractivity contribution in [2.24, 2.45) is 23.2 Å². The molecule has 4 saturated carbocycles. The first kappa shape index (κ1) is 22.8. The second-order valence-electron chi connectivity index (χ2n) is 10.8. The van der Waals surface area contributed by atoms with E-state index in [9.17, 15) is 14.4 Å². The summed E-state index contributed by atoms with van der Waals surface area (Å²) in [7, 11) is 0. The van der Waals surface area contributed by atoms with Crippen LogP contribution < -0.4 is 5.32 Å². The van der Waals surface area contributed by atoms with Gasteiger partial charge in [-0.2, -0.15) is 0 Å². The maximum atomic E-state index is 13.6. The van der Waals surface area contributed by atoms with Crippen molar-refractivity contribution in [3.63, 3.8) is 0 Å². The first-order chi connectivity index (χ1) is 16.4. The minimum Gasteiger partial charge on any atom is -0.456 e. The fourth-order valence-electron chi connectivity index (χ4n) is 6.80. The van der Waals surface area contributed by atoms with Crippen LogP contribution in [0.1, 0.15) is 60.0 Å². The highest BCUT2D eigenvalue weighted by molar-refractivity contribution is 5.98. The lowest BCUT2D eigenvalue weighted by molar-refractivity contribution is -0.153. The van der Waals surface area contributed by atoms with E-state index in [1.165, 1.54) is 19.3 Å². The van der Waals surface area contributed by atoms with E-state index in [2.05, 4.69) is 5.32 Å². The maximum Gasteiger partial charge on any atom is 0.329 e. The Morgan fingerprint density at radius 2 is 1.50 bits per heavy atom. The summed E-state index contributed by atoms with van der Waals surface area (Å²) < 4.78 is 5.44. The van der Waals surface area contributed by atoms with Gasteiger partial charge >= 0.3 is 5.97 Å². The summed E-state index contributed by atoms with van der Waals surface area (Å²) in [5, 5.41) is 3.07. The van der Waals surface area contributed by atoms with Crippen LogP contribution in [-0.2, 0) is 20.7 Å². The van der Waals surface area contributed by atoms with Crippen LogP contribution in [0.25, 0.3) is 0 Å². The molecule has 0 aromatic heterocycles. The lowest BCUT2D eigenvalue weighted by atomic mass is 9.49. The van der Waals surface area contributed by atoms with Crippen molar-refractivity contribution in [1.82, 2.24) is 5.32 Å². The smallest absolute Gasteiger partial charge is 0.329 e. The molecule has 2 aromatic carbocycles. The SMILES string of the molecule is Cc1ccc(C(=O)COC(=O)[C@@H](Cc2ccccc2)NC(=O)C23CC4CC(CC(C4)C2)C3)cc1. The highest BCUT2D eigenvalue weighted by atomic mass is 16.5. The third-order valence-electron chi connectivity index (χ3n) is 8.11. The summed E-state index contributed by atoms with van der Waals surface area (Å²) >= 11 is 0. The Labute approximate surface area is 201 Å². The van der Waals surface area contributed by atoms with Crippen LogP contribution in [0.4, 0.5) is 0 Å². The average molecular weight is 460 g/mol. The molecule has 5 nitrogen and oxygen atoms in total. The van der Waals surface area contributed by atoms with Gasteiger partial charge < -0.3 is 10.1 Å². The standard InChI is InChI=1S/C29H33NO4/c1-19-7-9-24(10-8-19)26(31)18-34-27(32)25(14-20-5-3-2-4-6-20)30-28(33)29-15-21-11-22(16-29)13-23(12-21)17-29/h2-10,21-23,25H,11-18H2,1H3,(H,30,33)/t21?,22?,23?,25-,29?/m1/s1. The minimum absolute atomic E-state index is 0.00524. The van der Waals surface area contributed by atoms with E-state index in [4.69, 9.17) is 4.74 Å². The number of Topliss-reactive ketones (excluding diaryl/α,β-unsaturated/α-hetero) is 1. The van der Waals surface area contributed by atoms with Gasteiger partial charge in [-0.05, 0) is 68.8 Å². The Morgan fingerprint density at radius 1 is 0.912 bits per heavy atom. The lowest BCUT2D eigenvalue weighted by Gasteiger charge is -2.55. The van der Waals surface area contributed by atoms with Crippen LogP contribution in [0.5, 0.6) is 0 Å². The molecule has 178 valence electrons. The number of nitrogens with one attached hydrogen (secondary N) is 1. The number of aryl methyl sites for hydroxylation is 1. The Kier molecular flexibility index (Phi) is 6.28. The molecule has 0 heterocycles. The molecule has 1 atom stereocenters. The van der Waals surface area contributed by atoms with E-state index >= 15 is 0 Å². The number of carbonyl (C=O) groups is 3. The van der Waals surface area contributed by atoms with Crippen LogP contribution in [0, 0.1) is 30.1 Å². The second kappa shape index (κ2) is 9.36. The van der Waals surface area contributed by atoms with Gasteiger partial charge in [-0.15, -0.1) is 0 Å². The molecule has 0 saturated heterocycles.